The minimum atomic E-state index is 0.217. The highest BCUT2D eigenvalue weighted by Crippen LogP contribution is 2.31. The van der Waals surface area contributed by atoms with Crippen molar-refractivity contribution in [3.63, 3.8) is 0 Å². The van der Waals surface area contributed by atoms with Gasteiger partial charge in [-0.3, -0.25) is 0 Å². The first-order chi connectivity index (χ1) is 7.25. The maximum Gasteiger partial charge on any atom is 0.0445 e. The van der Waals surface area contributed by atoms with Crippen molar-refractivity contribution in [1.29, 1.82) is 0 Å². The number of benzene rings is 1. The van der Waals surface area contributed by atoms with Gasteiger partial charge in [0.05, 0.1) is 0 Å². The van der Waals surface area contributed by atoms with Crippen molar-refractivity contribution >= 4 is 11.8 Å². The van der Waals surface area contributed by atoms with Crippen LogP contribution in [0.2, 0.25) is 0 Å². The highest BCUT2D eigenvalue weighted by molar-refractivity contribution is 7.99. The maximum absolute atomic E-state index is 6.03. The average molecular weight is 223 g/mol. The predicted octanol–water partition coefficient (Wildman–Crippen LogP) is 3.61. The minimum Gasteiger partial charge on any atom is -0.327 e. The van der Waals surface area contributed by atoms with Crippen molar-refractivity contribution in [1.82, 2.24) is 0 Å². The first-order valence-corrected chi connectivity index (χ1v) is 6.72. The lowest BCUT2D eigenvalue weighted by molar-refractivity contribution is 0.719. The standard InChI is InChI=1S/C13H21NS/c1-3-4-10-15-13(11(2)14)12-8-6-5-7-9-12/h5-9,11,13H,3-4,10,14H2,1-2H3. The Balaban J connectivity index is 2.58. The molecule has 0 aliphatic carbocycles. The fourth-order valence-corrected chi connectivity index (χ4v) is 2.91. The van der Waals surface area contributed by atoms with Crippen LogP contribution in [0.4, 0.5) is 0 Å². The van der Waals surface area contributed by atoms with Crippen molar-refractivity contribution in [3.8, 4) is 0 Å². The van der Waals surface area contributed by atoms with E-state index in [1.54, 1.807) is 0 Å². The molecular formula is C13H21NS. The number of rotatable bonds is 6. The van der Waals surface area contributed by atoms with E-state index in [9.17, 15) is 0 Å². The Morgan fingerprint density at radius 2 is 1.93 bits per heavy atom. The van der Waals surface area contributed by atoms with E-state index in [2.05, 4.69) is 44.2 Å². The number of hydrogen-bond acceptors (Lipinski definition) is 2. The lowest BCUT2D eigenvalue weighted by Gasteiger charge is -2.20. The second-order valence-corrected chi connectivity index (χ2v) is 5.16. The van der Waals surface area contributed by atoms with Gasteiger partial charge in [-0.05, 0) is 24.7 Å². The van der Waals surface area contributed by atoms with Gasteiger partial charge in [0.1, 0.15) is 0 Å². The van der Waals surface area contributed by atoms with Crippen molar-refractivity contribution in [2.24, 2.45) is 5.73 Å². The molecule has 84 valence electrons. The van der Waals surface area contributed by atoms with Gasteiger partial charge in [-0.2, -0.15) is 11.8 Å². The first-order valence-electron chi connectivity index (χ1n) is 5.67. The zero-order chi connectivity index (χ0) is 11.1. The maximum atomic E-state index is 6.03. The second-order valence-electron chi connectivity index (χ2n) is 3.91. The summed E-state index contributed by atoms with van der Waals surface area (Å²) in [6.45, 7) is 4.32. The minimum absolute atomic E-state index is 0.217. The average Bonchev–Trinajstić information content (AvgIpc) is 2.25. The Hall–Kier alpha value is -0.470. The van der Waals surface area contributed by atoms with Crippen molar-refractivity contribution in [2.75, 3.05) is 5.75 Å². The normalized spacial score (nSPS) is 14.9. The van der Waals surface area contributed by atoms with E-state index < -0.39 is 0 Å². The van der Waals surface area contributed by atoms with Crippen LogP contribution >= 0.6 is 11.8 Å². The van der Waals surface area contributed by atoms with E-state index >= 15 is 0 Å². The molecule has 1 aromatic rings. The molecule has 1 rings (SSSR count). The molecule has 1 aromatic carbocycles. The molecule has 0 radical (unpaired) electrons. The summed E-state index contributed by atoms with van der Waals surface area (Å²) >= 11 is 1.98. The predicted molar refractivity (Wildman–Crippen MR) is 70.2 cm³/mol. The molecule has 0 amide bonds. The van der Waals surface area contributed by atoms with Gasteiger partial charge < -0.3 is 5.73 Å². The van der Waals surface area contributed by atoms with E-state index in [0.717, 1.165) is 0 Å². The van der Waals surface area contributed by atoms with E-state index in [1.165, 1.54) is 24.2 Å². The molecule has 2 atom stereocenters. The third-order valence-electron chi connectivity index (χ3n) is 2.40. The molecule has 1 nitrogen and oxygen atoms in total. The zero-order valence-corrected chi connectivity index (χ0v) is 10.5. The topological polar surface area (TPSA) is 26.0 Å². The van der Waals surface area contributed by atoms with Gasteiger partial charge in [0.15, 0.2) is 0 Å². The van der Waals surface area contributed by atoms with Crippen LogP contribution in [0.5, 0.6) is 0 Å². The van der Waals surface area contributed by atoms with Crippen LogP contribution in [0.15, 0.2) is 30.3 Å². The van der Waals surface area contributed by atoms with Gasteiger partial charge in [0.2, 0.25) is 0 Å². The summed E-state index contributed by atoms with van der Waals surface area (Å²) in [5.41, 5.74) is 7.39. The van der Waals surface area contributed by atoms with Crippen LogP contribution in [0.3, 0.4) is 0 Å². The SMILES string of the molecule is CCCCSC(c1ccccc1)C(C)N. The van der Waals surface area contributed by atoms with Gasteiger partial charge in [-0.25, -0.2) is 0 Å². The lowest BCUT2D eigenvalue weighted by Crippen LogP contribution is -2.22. The second kappa shape index (κ2) is 6.91. The first kappa shape index (κ1) is 12.6. The number of hydrogen-bond donors (Lipinski definition) is 1. The summed E-state index contributed by atoms with van der Waals surface area (Å²) in [4.78, 5) is 0. The fourth-order valence-electron chi connectivity index (χ4n) is 1.55. The summed E-state index contributed by atoms with van der Waals surface area (Å²) in [7, 11) is 0. The molecule has 2 unspecified atom stereocenters. The smallest absolute Gasteiger partial charge is 0.0445 e. The molecule has 0 saturated carbocycles. The molecule has 2 heteroatoms. The van der Waals surface area contributed by atoms with E-state index in [-0.39, 0.29) is 6.04 Å². The van der Waals surface area contributed by atoms with Gasteiger partial charge in [-0.15, -0.1) is 0 Å². The largest absolute Gasteiger partial charge is 0.327 e. The Morgan fingerprint density at radius 1 is 1.27 bits per heavy atom. The number of thioether (sulfide) groups is 1. The summed E-state index contributed by atoms with van der Waals surface area (Å²) in [6, 6.07) is 10.8. The molecule has 0 spiro atoms. The van der Waals surface area contributed by atoms with Gasteiger partial charge >= 0.3 is 0 Å². The van der Waals surface area contributed by atoms with Crippen LogP contribution in [-0.4, -0.2) is 11.8 Å². The lowest BCUT2D eigenvalue weighted by atomic mass is 10.1. The Morgan fingerprint density at radius 3 is 2.47 bits per heavy atom. The van der Waals surface area contributed by atoms with Crippen LogP contribution in [-0.2, 0) is 0 Å². The monoisotopic (exact) mass is 223 g/mol. The Bertz CT molecular complexity index is 258. The summed E-state index contributed by atoms with van der Waals surface area (Å²) in [6.07, 6.45) is 2.54. The molecule has 0 bridgehead atoms. The Kier molecular flexibility index (Phi) is 5.81. The van der Waals surface area contributed by atoms with Crippen LogP contribution in [0.25, 0.3) is 0 Å². The van der Waals surface area contributed by atoms with E-state index in [0.29, 0.717) is 5.25 Å². The molecule has 0 saturated heterocycles. The van der Waals surface area contributed by atoms with Crippen LogP contribution in [0.1, 0.15) is 37.5 Å². The van der Waals surface area contributed by atoms with Crippen molar-refractivity contribution in [2.45, 2.75) is 38.0 Å². The molecule has 0 aliphatic heterocycles. The summed E-state index contributed by atoms with van der Waals surface area (Å²) in [5.74, 6) is 1.21. The third-order valence-corrected chi connectivity index (χ3v) is 3.99. The van der Waals surface area contributed by atoms with E-state index in [1.807, 2.05) is 11.8 Å². The molecule has 15 heavy (non-hydrogen) atoms. The molecule has 0 fully saturated rings. The zero-order valence-electron chi connectivity index (χ0n) is 9.65. The van der Waals surface area contributed by atoms with Crippen molar-refractivity contribution < 1.29 is 0 Å². The number of nitrogens with two attached hydrogens (primary N) is 1. The third kappa shape index (κ3) is 4.27. The molecule has 0 heterocycles. The molecular weight excluding hydrogens is 202 g/mol. The Labute approximate surface area is 97.4 Å². The molecule has 0 aliphatic rings. The van der Waals surface area contributed by atoms with E-state index in [4.69, 9.17) is 5.73 Å². The summed E-state index contributed by atoms with van der Waals surface area (Å²) in [5, 5.41) is 0.442. The van der Waals surface area contributed by atoms with Crippen LogP contribution < -0.4 is 5.73 Å². The van der Waals surface area contributed by atoms with Crippen molar-refractivity contribution in [3.05, 3.63) is 35.9 Å². The molecule has 0 aromatic heterocycles. The summed E-state index contributed by atoms with van der Waals surface area (Å²) < 4.78 is 0. The quantitative estimate of drug-likeness (QED) is 0.746. The van der Waals surface area contributed by atoms with Crippen LogP contribution in [0, 0.1) is 0 Å². The van der Waals surface area contributed by atoms with Gasteiger partial charge in [-0.1, -0.05) is 43.7 Å². The fraction of sp³-hybridized carbons (Fsp3) is 0.538. The number of unbranched alkanes of at least 4 members (excludes halogenated alkanes) is 1. The highest BCUT2D eigenvalue weighted by Gasteiger charge is 2.15. The van der Waals surface area contributed by atoms with Gasteiger partial charge in [0, 0.05) is 11.3 Å². The molecule has 2 N–H and O–H groups in total. The van der Waals surface area contributed by atoms with Gasteiger partial charge in [0.25, 0.3) is 0 Å². The highest BCUT2D eigenvalue weighted by atomic mass is 32.2.